The number of aliphatic hydroxyl groups is 1. The number of hydrogen-bond acceptors (Lipinski definition) is 4. The van der Waals surface area contributed by atoms with Gasteiger partial charge in [-0.05, 0) is 23.6 Å². The third kappa shape index (κ3) is 3.13. The molecule has 20 heavy (non-hydrogen) atoms. The second kappa shape index (κ2) is 6.16. The Kier molecular flexibility index (Phi) is 4.32. The van der Waals surface area contributed by atoms with Crippen molar-refractivity contribution in [2.45, 2.75) is 20.1 Å². The number of para-hydroxylation sites is 1. The molecule has 0 saturated heterocycles. The summed E-state index contributed by atoms with van der Waals surface area (Å²) >= 11 is 0. The van der Waals surface area contributed by atoms with Crippen LogP contribution in [0.4, 0.5) is 5.69 Å². The zero-order valence-electron chi connectivity index (χ0n) is 11.1. The molecule has 0 heterocycles. The van der Waals surface area contributed by atoms with E-state index in [4.69, 9.17) is 9.84 Å². The second-order valence-corrected chi connectivity index (χ2v) is 4.44. The van der Waals surface area contributed by atoms with Gasteiger partial charge in [0.2, 0.25) is 0 Å². The van der Waals surface area contributed by atoms with Crippen LogP contribution in [0.5, 0.6) is 5.75 Å². The molecular weight excluding hydrogens is 258 g/mol. The number of rotatable bonds is 5. The summed E-state index contributed by atoms with van der Waals surface area (Å²) in [5.41, 5.74) is 2.40. The zero-order valence-corrected chi connectivity index (χ0v) is 11.1. The molecule has 0 aliphatic rings. The lowest BCUT2D eigenvalue weighted by molar-refractivity contribution is -0.386. The first-order valence-electron chi connectivity index (χ1n) is 6.17. The molecule has 2 aromatic rings. The number of nitrogens with zero attached hydrogens (tertiary/aromatic N) is 1. The summed E-state index contributed by atoms with van der Waals surface area (Å²) in [6, 6.07) is 12.1. The van der Waals surface area contributed by atoms with Gasteiger partial charge in [0.15, 0.2) is 5.75 Å². The number of hydrogen-bond donors (Lipinski definition) is 1. The summed E-state index contributed by atoms with van der Waals surface area (Å²) < 4.78 is 5.58. The maximum Gasteiger partial charge on any atom is 0.311 e. The lowest BCUT2D eigenvalue weighted by Gasteiger charge is -2.09. The first kappa shape index (κ1) is 14.0. The van der Waals surface area contributed by atoms with E-state index in [1.165, 1.54) is 6.07 Å². The number of nitro groups is 1. The predicted molar refractivity (Wildman–Crippen MR) is 74.5 cm³/mol. The number of nitro benzene ring substituents is 1. The minimum Gasteiger partial charge on any atom is -0.482 e. The van der Waals surface area contributed by atoms with Crippen LogP contribution in [0.25, 0.3) is 0 Å². The average molecular weight is 273 g/mol. The van der Waals surface area contributed by atoms with Crippen molar-refractivity contribution in [1.29, 1.82) is 0 Å². The number of benzene rings is 2. The lowest BCUT2D eigenvalue weighted by Crippen LogP contribution is -2.01. The largest absolute Gasteiger partial charge is 0.482 e. The molecule has 0 radical (unpaired) electrons. The van der Waals surface area contributed by atoms with Gasteiger partial charge in [0.25, 0.3) is 0 Å². The van der Waals surface area contributed by atoms with Gasteiger partial charge in [0, 0.05) is 6.07 Å². The molecular formula is C15H15NO4. The first-order valence-corrected chi connectivity index (χ1v) is 6.17. The SMILES string of the molecule is Cc1cccc([N+](=O)[O-])c1OCc1ccc(CO)cc1. The molecule has 104 valence electrons. The molecule has 2 rings (SSSR count). The Morgan fingerprint density at radius 3 is 2.40 bits per heavy atom. The van der Waals surface area contributed by atoms with Crippen LogP contribution in [-0.4, -0.2) is 10.0 Å². The van der Waals surface area contributed by atoms with Gasteiger partial charge in [0.1, 0.15) is 6.61 Å². The van der Waals surface area contributed by atoms with Crippen LogP contribution in [0.3, 0.4) is 0 Å². The fraction of sp³-hybridized carbons (Fsp3) is 0.200. The van der Waals surface area contributed by atoms with Crippen molar-refractivity contribution in [2.24, 2.45) is 0 Å². The third-order valence-electron chi connectivity index (χ3n) is 2.98. The predicted octanol–water partition coefficient (Wildman–Crippen LogP) is 2.97. The van der Waals surface area contributed by atoms with E-state index in [2.05, 4.69) is 0 Å². The first-order chi connectivity index (χ1) is 9.61. The van der Waals surface area contributed by atoms with E-state index in [0.29, 0.717) is 5.75 Å². The highest BCUT2D eigenvalue weighted by atomic mass is 16.6. The summed E-state index contributed by atoms with van der Waals surface area (Å²) in [7, 11) is 0. The molecule has 0 fully saturated rings. The van der Waals surface area contributed by atoms with Crippen molar-refractivity contribution in [3.8, 4) is 5.75 Å². The van der Waals surface area contributed by atoms with Gasteiger partial charge in [-0.25, -0.2) is 0 Å². The van der Waals surface area contributed by atoms with Crippen LogP contribution in [-0.2, 0) is 13.2 Å². The smallest absolute Gasteiger partial charge is 0.311 e. The van der Waals surface area contributed by atoms with E-state index in [1.54, 1.807) is 31.2 Å². The van der Waals surface area contributed by atoms with Crippen LogP contribution in [0.2, 0.25) is 0 Å². The molecule has 2 aromatic carbocycles. The van der Waals surface area contributed by atoms with E-state index < -0.39 is 4.92 Å². The van der Waals surface area contributed by atoms with Crippen LogP contribution >= 0.6 is 0 Å². The molecule has 0 bridgehead atoms. The lowest BCUT2D eigenvalue weighted by atomic mass is 10.1. The van der Waals surface area contributed by atoms with Crippen molar-refractivity contribution in [3.05, 3.63) is 69.3 Å². The van der Waals surface area contributed by atoms with Crippen LogP contribution < -0.4 is 4.74 Å². The zero-order chi connectivity index (χ0) is 14.5. The van der Waals surface area contributed by atoms with Gasteiger partial charge in [-0.3, -0.25) is 10.1 Å². The quantitative estimate of drug-likeness (QED) is 0.671. The minimum absolute atomic E-state index is 0.00952. The van der Waals surface area contributed by atoms with E-state index in [-0.39, 0.29) is 18.9 Å². The van der Waals surface area contributed by atoms with Crippen LogP contribution in [0.1, 0.15) is 16.7 Å². The molecule has 0 saturated carbocycles. The minimum atomic E-state index is -0.447. The highest BCUT2D eigenvalue weighted by Crippen LogP contribution is 2.30. The van der Waals surface area contributed by atoms with Crippen molar-refractivity contribution in [1.82, 2.24) is 0 Å². The fourth-order valence-electron chi connectivity index (χ4n) is 1.86. The average Bonchev–Trinajstić information content (AvgIpc) is 2.46. The molecule has 0 aliphatic carbocycles. The standard InChI is InChI=1S/C15H15NO4/c1-11-3-2-4-14(16(18)19)15(11)20-10-13-7-5-12(9-17)6-8-13/h2-8,17H,9-10H2,1H3. The number of aliphatic hydroxyl groups excluding tert-OH is 1. The molecule has 0 spiro atoms. The Labute approximate surface area is 116 Å². The van der Waals surface area contributed by atoms with Crippen molar-refractivity contribution >= 4 is 5.69 Å². The molecule has 0 unspecified atom stereocenters. The van der Waals surface area contributed by atoms with E-state index in [0.717, 1.165) is 16.7 Å². The number of ether oxygens (including phenoxy) is 1. The summed E-state index contributed by atoms with van der Waals surface area (Å²) in [5.74, 6) is 0.295. The normalized spacial score (nSPS) is 10.3. The van der Waals surface area contributed by atoms with E-state index in [9.17, 15) is 10.1 Å². The third-order valence-corrected chi connectivity index (χ3v) is 2.98. The Bertz CT molecular complexity index is 608. The van der Waals surface area contributed by atoms with Crippen molar-refractivity contribution < 1.29 is 14.8 Å². The Balaban J connectivity index is 2.16. The Hall–Kier alpha value is -2.40. The van der Waals surface area contributed by atoms with Gasteiger partial charge < -0.3 is 9.84 Å². The van der Waals surface area contributed by atoms with Crippen molar-refractivity contribution in [2.75, 3.05) is 0 Å². The van der Waals surface area contributed by atoms with E-state index in [1.807, 2.05) is 12.1 Å². The van der Waals surface area contributed by atoms with Gasteiger partial charge in [-0.1, -0.05) is 36.4 Å². The fourth-order valence-corrected chi connectivity index (χ4v) is 1.86. The Morgan fingerprint density at radius 2 is 1.80 bits per heavy atom. The summed E-state index contributed by atoms with van der Waals surface area (Å²) in [5, 5.41) is 19.9. The second-order valence-electron chi connectivity index (χ2n) is 4.44. The summed E-state index contributed by atoms with van der Waals surface area (Å²) in [4.78, 5) is 10.5. The molecule has 0 atom stereocenters. The van der Waals surface area contributed by atoms with Crippen LogP contribution in [0, 0.1) is 17.0 Å². The summed E-state index contributed by atoms with van der Waals surface area (Å²) in [6.07, 6.45) is 0. The molecule has 1 N–H and O–H groups in total. The monoisotopic (exact) mass is 273 g/mol. The topological polar surface area (TPSA) is 72.6 Å². The van der Waals surface area contributed by atoms with Gasteiger partial charge in [-0.2, -0.15) is 0 Å². The maximum atomic E-state index is 11.0. The highest BCUT2D eigenvalue weighted by molar-refractivity contribution is 5.51. The van der Waals surface area contributed by atoms with E-state index >= 15 is 0 Å². The highest BCUT2D eigenvalue weighted by Gasteiger charge is 2.16. The summed E-state index contributed by atoms with van der Waals surface area (Å²) in [6.45, 7) is 2.01. The molecule has 0 amide bonds. The molecule has 0 aromatic heterocycles. The van der Waals surface area contributed by atoms with Gasteiger partial charge in [0.05, 0.1) is 11.5 Å². The maximum absolute atomic E-state index is 11.0. The molecule has 5 heteroatoms. The van der Waals surface area contributed by atoms with Crippen LogP contribution in [0.15, 0.2) is 42.5 Å². The van der Waals surface area contributed by atoms with Gasteiger partial charge in [-0.15, -0.1) is 0 Å². The molecule has 0 aliphatic heterocycles. The molecule has 5 nitrogen and oxygen atoms in total. The van der Waals surface area contributed by atoms with Crippen molar-refractivity contribution in [3.63, 3.8) is 0 Å². The van der Waals surface area contributed by atoms with Gasteiger partial charge >= 0.3 is 5.69 Å². The Morgan fingerprint density at radius 1 is 1.15 bits per heavy atom. The number of aryl methyl sites for hydroxylation is 1.